The number of nitrogens with zero attached hydrogens (tertiary/aromatic N) is 2. The van der Waals surface area contributed by atoms with Crippen molar-refractivity contribution in [1.29, 1.82) is 0 Å². The first-order valence-corrected chi connectivity index (χ1v) is 5.96. The van der Waals surface area contributed by atoms with Crippen molar-refractivity contribution in [3.05, 3.63) is 12.1 Å². The summed E-state index contributed by atoms with van der Waals surface area (Å²) >= 11 is 4.68. The number of anilines is 2. The number of nitrogen functional groups attached to an aromatic ring is 1. The van der Waals surface area contributed by atoms with Crippen LogP contribution in [0, 0.1) is 0 Å². The second kappa shape index (κ2) is 5.61. The number of nitrogens with two attached hydrogens (primary N) is 2. The first kappa shape index (κ1) is 13.9. The number of hydrogen-bond acceptors (Lipinski definition) is 7. The van der Waals surface area contributed by atoms with E-state index in [1.165, 1.54) is 0 Å². The van der Waals surface area contributed by atoms with E-state index in [1.54, 1.807) is 26.4 Å². The Labute approximate surface area is 120 Å². The lowest BCUT2D eigenvalue weighted by molar-refractivity contribution is 0.356. The molecule has 2 aromatic rings. The van der Waals surface area contributed by atoms with Gasteiger partial charge < -0.3 is 20.9 Å². The smallest absolute Gasteiger partial charge is 0.244 e. The molecule has 2 rings (SSSR count). The fraction of sp³-hybridized carbons (Fsp3) is 0.182. The van der Waals surface area contributed by atoms with Gasteiger partial charge in [-0.3, -0.25) is 10.9 Å². The molecule has 0 unspecified atom stereocenters. The maximum Gasteiger partial charge on any atom is 0.244 e. The molecule has 20 heavy (non-hydrogen) atoms. The zero-order valence-corrected chi connectivity index (χ0v) is 11.7. The van der Waals surface area contributed by atoms with Crippen LogP contribution < -0.4 is 31.8 Å². The van der Waals surface area contributed by atoms with Crippen LogP contribution in [0.25, 0.3) is 10.9 Å². The molecule has 0 saturated heterocycles. The number of thiocarbonyl (C=S) groups is 1. The van der Waals surface area contributed by atoms with E-state index in [2.05, 4.69) is 33.0 Å². The average molecular weight is 294 g/mol. The van der Waals surface area contributed by atoms with Gasteiger partial charge in [0.15, 0.2) is 16.6 Å². The number of ether oxygens (including phenoxy) is 2. The SMILES string of the molecule is COc1cc2nc(NNC(N)=S)nc(N)c2cc1OC. The molecule has 0 saturated carbocycles. The summed E-state index contributed by atoms with van der Waals surface area (Å²) in [6, 6.07) is 3.42. The first-order chi connectivity index (χ1) is 9.55. The number of rotatable bonds is 4. The topological polar surface area (TPSA) is 120 Å². The van der Waals surface area contributed by atoms with Crippen molar-refractivity contribution in [2.75, 3.05) is 25.4 Å². The number of fused-ring (bicyclic) bond motifs is 1. The third-order valence-electron chi connectivity index (χ3n) is 2.53. The minimum atomic E-state index is 0.0691. The van der Waals surface area contributed by atoms with Crippen LogP contribution in [0.1, 0.15) is 0 Å². The molecule has 0 aliphatic heterocycles. The van der Waals surface area contributed by atoms with Crippen LogP contribution in [0.15, 0.2) is 12.1 Å². The highest BCUT2D eigenvalue weighted by atomic mass is 32.1. The van der Waals surface area contributed by atoms with Crippen LogP contribution in [0.5, 0.6) is 11.5 Å². The molecule has 0 spiro atoms. The van der Waals surface area contributed by atoms with Gasteiger partial charge in [0.25, 0.3) is 0 Å². The molecule has 1 aromatic carbocycles. The lowest BCUT2D eigenvalue weighted by Crippen LogP contribution is -2.34. The summed E-state index contributed by atoms with van der Waals surface area (Å²) in [5.41, 5.74) is 17.0. The van der Waals surface area contributed by atoms with Crippen molar-refractivity contribution in [3.8, 4) is 11.5 Å². The molecule has 0 aliphatic rings. The van der Waals surface area contributed by atoms with Crippen LogP contribution in [-0.4, -0.2) is 29.3 Å². The van der Waals surface area contributed by atoms with Crippen LogP contribution >= 0.6 is 12.2 Å². The average Bonchev–Trinajstić information content (AvgIpc) is 2.43. The fourth-order valence-electron chi connectivity index (χ4n) is 1.65. The predicted molar refractivity (Wildman–Crippen MR) is 80.6 cm³/mol. The zero-order chi connectivity index (χ0) is 14.7. The predicted octanol–water partition coefficient (Wildman–Crippen LogP) is 0.389. The highest BCUT2D eigenvalue weighted by Crippen LogP contribution is 2.33. The number of nitrogens with one attached hydrogen (secondary N) is 2. The normalized spacial score (nSPS) is 10.1. The molecule has 9 heteroatoms. The van der Waals surface area contributed by atoms with E-state index in [0.717, 1.165) is 0 Å². The van der Waals surface area contributed by atoms with Gasteiger partial charge in [0, 0.05) is 11.5 Å². The quantitative estimate of drug-likeness (QED) is 0.468. The van der Waals surface area contributed by atoms with Gasteiger partial charge in [0.1, 0.15) is 5.82 Å². The molecule has 8 nitrogen and oxygen atoms in total. The Hall–Kier alpha value is -2.55. The number of aromatic nitrogens is 2. The first-order valence-electron chi connectivity index (χ1n) is 5.56. The second-order valence-electron chi connectivity index (χ2n) is 3.77. The van der Waals surface area contributed by atoms with Gasteiger partial charge in [-0.05, 0) is 18.3 Å². The van der Waals surface area contributed by atoms with Crippen LogP contribution in [0.2, 0.25) is 0 Å². The summed E-state index contributed by atoms with van der Waals surface area (Å²) in [6.45, 7) is 0. The zero-order valence-electron chi connectivity index (χ0n) is 10.9. The van der Waals surface area contributed by atoms with E-state index in [-0.39, 0.29) is 11.1 Å². The minimum absolute atomic E-state index is 0.0691. The van der Waals surface area contributed by atoms with Crippen molar-refractivity contribution in [2.24, 2.45) is 5.73 Å². The van der Waals surface area contributed by atoms with Crippen LogP contribution in [0.4, 0.5) is 11.8 Å². The van der Waals surface area contributed by atoms with Gasteiger partial charge in [0.05, 0.1) is 19.7 Å². The Morgan fingerprint density at radius 3 is 2.45 bits per heavy atom. The van der Waals surface area contributed by atoms with Gasteiger partial charge in [-0.2, -0.15) is 4.98 Å². The minimum Gasteiger partial charge on any atom is -0.493 e. The van der Waals surface area contributed by atoms with E-state index in [4.69, 9.17) is 20.9 Å². The van der Waals surface area contributed by atoms with Crippen molar-refractivity contribution in [3.63, 3.8) is 0 Å². The van der Waals surface area contributed by atoms with E-state index in [9.17, 15) is 0 Å². The third-order valence-corrected chi connectivity index (χ3v) is 2.63. The van der Waals surface area contributed by atoms with Crippen molar-refractivity contribution in [1.82, 2.24) is 15.4 Å². The molecule has 0 fully saturated rings. The number of hydrazine groups is 1. The van der Waals surface area contributed by atoms with E-state index in [0.29, 0.717) is 28.2 Å². The molecule has 0 aliphatic carbocycles. The van der Waals surface area contributed by atoms with Gasteiger partial charge in [0.2, 0.25) is 5.95 Å². The summed E-state index contributed by atoms with van der Waals surface area (Å²) in [5, 5.41) is 0.725. The summed E-state index contributed by atoms with van der Waals surface area (Å²) in [4.78, 5) is 8.36. The lowest BCUT2D eigenvalue weighted by atomic mass is 10.2. The highest BCUT2D eigenvalue weighted by Gasteiger charge is 2.11. The Morgan fingerprint density at radius 2 is 1.85 bits per heavy atom. The molecule has 106 valence electrons. The molecular formula is C11H14N6O2S. The second-order valence-corrected chi connectivity index (χ2v) is 4.21. The summed E-state index contributed by atoms with van der Waals surface area (Å²) < 4.78 is 10.4. The Morgan fingerprint density at radius 1 is 1.20 bits per heavy atom. The fourth-order valence-corrected chi connectivity index (χ4v) is 1.70. The van der Waals surface area contributed by atoms with Crippen molar-refractivity contribution < 1.29 is 9.47 Å². The summed E-state index contributed by atoms with van der Waals surface area (Å²) in [5.74, 6) is 1.64. The number of hydrogen-bond donors (Lipinski definition) is 4. The van der Waals surface area contributed by atoms with Crippen LogP contribution in [0.3, 0.4) is 0 Å². The largest absolute Gasteiger partial charge is 0.493 e. The lowest BCUT2D eigenvalue weighted by Gasteiger charge is -2.11. The van der Waals surface area contributed by atoms with E-state index < -0.39 is 0 Å². The molecule has 1 heterocycles. The van der Waals surface area contributed by atoms with Crippen molar-refractivity contribution in [2.45, 2.75) is 0 Å². The number of methoxy groups -OCH3 is 2. The Kier molecular flexibility index (Phi) is 3.89. The molecule has 0 amide bonds. The molecule has 0 radical (unpaired) electrons. The summed E-state index contributed by atoms with van der Waals surface area (Å²) in [7, 11) is 3.09. The Bertz CT molecular complexity index is 663. The maximum absolute atomic E-state index is 5.90. The van der Waals surface area contributed by atoms with E-state index in [1.807, 2.05) is 0 Å². The number of benzene rings is 1. The third kappa shape index (κ3) is 2.72. The van der Waals surface area contributed by atoms with Gasteiger partial charge in [-0.1, -0.05) is 0 Å². The molecular weight excluding hydrogens is 280 g/mol. The van der Waals surface area contributed by atoms with Gasteiger partial charge in [-0.15, -0.1) is 0 Å². The monoisotopic (exact) mass is 294 g/mol. The van der Waals surface area contributed by atoms with E-state index >= 15 is 0 Å². The van der Waals surface area contributed by atoms with Gasteiger partial charge >= 0.3 is 0 Å². The van der Waals surface area contributed by atoms with Crippen LogP contribution in [-0.2, 0) is 0 Å². The molecule has 1 aromatic heterocycles. The van der Waals surface area contributed by atoms with Crippen molar-refractivity contribution >= 4 is 40.0 Å². The standard InChI is InChI=1S/C11H14N6O2S/c1-18-7-3-5-6(4-8(7)19-2)14-11(15-9(5)12)17-16-10(13)20/h3-4H,1-2H3,(H3,13,16,20)(H3,12,14,15,17). The summed E-state index contributed by atoms with van der Waals surface area (Å²) in [6.07, 6.45) is 0. The maximum atomic E-state index is 5.90. The molecule has 6 N–H and O–H groups in total. The molecule has 0 bridgehead atoms. The highest BCUT2D eigenvalue weighted by molar-refractivity contribution is 7.80. The van der Waals surface area contributed by atoms with Gasteiger partial charge in [-0.25, -0.2) is 4.98 Å². The Balaban J connectivity index is 2.50. The molecule has 0 atom stereocenters.